The fraction of sp³-hybridized carbons (Fsp3) is 0.0500. The van der Waals surface area contributed by atoms with Crippen molar-refractivity contribution < 1.29 is 13.2 Å². The largest absolute Gasteiger partial charge is 0.327 e. The lowest BCUT2D eigenvalue weighted by molar-refractivity contribution is 0.250. The minimum atomic E-state index is -3.78. The molecule has 0 aliphatic rings. The van der Waals surface area contributed by atoms with E-state index in [0.29, 0.717) is 10.7 Å². The fourth-order valence-electron chi connectivity index (χ4n) is 2.69. The third kappa shape index (κ3) is 5.10. The molecule has 4 N–H and O–H groups in total. The van der Waals surface area contributed by atoms with Crippen molar-refractivity contribution in [1.82, 2.24) is 5.32 Å². The number of benzene rings is 3. The van der Waals surface area contributed by atoms with E-state index in [2.05, 4.69) is 10.6 Å². The van der Waals surface area contributed by atoms with Gasteiger partial charge in [0.1, 0.15) is 0 Å². The predicted octanol–water partition coefficient (Wildman–Crippen LogP) is 3.90. The zero-order valence-corrected chi connectivity index (χ0v) is 16.2. The predicted molar refractivity (Wildman–Crippen MR) is 110 cm³/mol. The third-order valence-corrected chi connectivity index (χ3v) is 5.23. The van der Waals surface area contributed by atoms with Crippen LogP contribution in [0.5, 0.6) is 0 Å². The Bertz CT molecular complexity index is 1050. The summed E-state index contributed by atoms with van der Waals surface area (Å²) >= 11 is 5.97. The summed E-state index contributed by atoms with van der Waals surface area (Å²) in [5.74, 6) is 0. The molecule has 0 radical (unpaired) electrons. The first-order chi connectivity index (χ1) is 13.3. The van der Waals surface area contributed by atoms with Crippen molar-refractivity contribution in [3.8, 4) is 0 Å². The Morgan fingerprint density at radius 2 is 1.43 bits per heavy atom. The first kappa shape index (κ1) is 19.9. The van der Waals surface area contributed by atoms with E-state index in [9.17, 15) is 13.2 Å². The van der Waals surface area contributed by atoms with E-state index >= 15 is 0 Å². The molecular weight excluding hydrogens is 398 g/mol. The van der Waals surface area contributed by atoms with Crippen molar-refractivity contribution in [2.75, 3.05) is 5.32 Å². The highest BCUT2D eigenvalue weighted by atomic mass is 35.5. The number of amides is 2. The van der Waals surface area contributed by atoms with Gasteiger partial charge in [-0.3, -0.25) is 0 Å². The zero-order chi connectivity index (χ0) is 20.1. The quantitative estimate of drug-likeness (QED) is 0.589. The number of primary sulfonamides is 1. The zero-order valence-electron chi connectivity index (χ0n) is 14.7. The lowest BCUT2D eigenvalue weighted by Crippen LogP contribution is -2.33. The normalized spacial score (nSPS) is 12.2. The Balaban J connectivity index is 1.79. The average molecular weight is 416 g/mol. The number of nitrogens with two attached hydrogens (primary N) is 1. The molecule has 28 heavy (non-hydrogen) atoms. The van der Waals surface area contributed by atoms with E-state index in [1.54, 1.807) is 12.1 Å². The number of hydrogen-bond acceptors (Lipinski definition) is 3. The average Bonchev–Trinajstić information content (AvgIpc) is 2.67. The Hall–Kier alpha value is -2.87. The second-order valence-corrected chi connectivity index (χ2v) is 8.06. The van der Waals surface area contributed by atoms with Crippen LogP contribution in [-0.2, 0) is 10.0 Å². The maximum Gasteiger partial charge on any atom is 0.319 e. The van der Waals surface area contributed by atoms with Gasteiger partial charge in [-0.05, 0) is 47.5 Å². The molecule has 144 valence electrons. The molecule has 0 fully saturated rings. The summed E-state index contributed by atoms with van der Waals surface area (Å²) in [7, 11) is -3.78. The molecule has 0 saturated heterocycles. The summed E-state index contributed by atoms with van der Waals surface area (Å²) < 4.78 is 22.6. The highest BCUT2D eigenvalue weighted by Crippen LogP contribution is 2.24. The van der Waals surface area contributed by atoms with Crippen LogP contribution in [-0.4, -0.2) is 14.4 Å². The first-order valence-corrected chi connectivity index (χ1v) is 10.3. The summed E-state index contributed by atoms with van der Waals surface area (Å²) in [5.41, 5.74) is 2.22. The van der Waals surface area contributed by atoms with Crippen molar-refractivity contribution >= 4 is 33.3 Å². The van der Waals surface area contributed by atoms with Crippen molar-refractivity contribution in [3.63, 3.8) is 0 Å². The summed E-state index contributed by atoms with van der Waals surface area (Å²) in [6.07, 6.45) is 0. The number of anilines is 1. The number of carbonyl (C=O) groups excluding carboxylic acids is 1. The van der Waals surface area contributed by atoms with Crippen LogP contribution in [0, 0.1) is 0 Å². The number of rotatable bonds is 5. The van der Waals surface area contributed by atoms with E-state index in [1.807, 2.05) is 42.5 Å². The van der Waals surface area contributed by atoms with Gasteiger partial charge in [-0.1, -0.05) is 54.1 Å². The third-order valence-electron chi connectivity index (χ3n) is 4.05. The van der Waals surface area contributed by atoms with Gasteiger partial charge in [0, 0.05) is 10.7 Å². The van der Waals surface area contributed by atoms with Gasteiger partial charge < -0.3 is 10.6 Å². The van der Waals surface area contributed by atoms with Gasteiger partial charge in [0.25, 0.3) is 0 Å². The molecule has 1 atom stereocenters. The number of nitrogens with one attached hydrogen (secondary N) is 2. The molecule has 0 bridgehead atoms. The van der Waals surface area contributed by atoms with Crippen molar-refractivity contribution in [1.29, 1.82) is 0 Å². The Labute approximate surface area is 168 Å². The number of hydrogen-bond donors (Lipinski definition) is 3. The lowest BCUT2D eigenvalue weighted by atomic mass is 9.99. The van der Waals surface area contributed by atoms with Crippen LogP contribution < -0.4 is 15.8 Å². The summed E-state index contributed by atoms with van der Waals surface area (Å²) in [6.45, 7) is 0. The van der Waals surface area contributed by atoms with Crippen LogP contribution in [0.2, 0.25) is 5.02 Å². The van der Waals surface area contributed by atoms with Crippen LogP contribution in [0.25, 0.3) is 0 Å². The molecule has 3 aromatic carbocycles. The molecule has 3 aromatic rings. The molecule has 0 aromatic heterocycles. The fourth-order valence-corrected chi connectivity index (χ4v) is 3.33. The molecule has 8 heteroatoms. The standard InChI is InChI=1S/C20H18ClN3O3S/c21-16-8-6-15(7-9-16)19(14-4-2-1-3-5-14)24-20(25)23-17-10-12-18(13-11-17)28(22,26)27/h1-13,19H,(H2,22,26,27)(H2,23,24,25)/t19-/m1/s1. The second kappa shape index (κ2) is 8.43. The lowest BCUT2D eigenvalue weighted by Gasteiger charge is -2.20. The number of carbonyl (C=O) groups is 1. The van der Waals surface area contributed by atoms with Gasteiger partial charge >= 0.3 is 6.03 Å². The topological polar surface area (TPSA) is 101 Å². The Kier molecular flexibility index (Phi) is 5.99. The second-order valence-electron chi connectivity index (χ2n) is 6.06. The van der Waals surface area contributed by atoms with Crippen LogP contribution in [0.1, 0.15) is 17.2 Å². The van der Waals surface area contributed by atoms with Gasteiger partial charge in [0.05, 0.1) is 10.9 Å². The molecule has 2 amide bonds. The number of urea groups is 1. The van der Waals surface area contributed by atoms with Gasteiger partial charge in [-0.15, -0.1) is 0 Å². The maximum absolute atomic E-state index is 12.5. The Morgan fingerprint density at radius 3 is 2.00 bits per heavy atom. The van der Waals surface area contributed by atoms with Crippen LogP contribution in [0.3, 0.4) is 0 Å². The SMILES string of the molecule is NS(=O)(=O)c1ccc(NC(=O)N[C@H](c2ccccc2)c2ccc(Cl)cc2)cc1. The van der Waals surface area contributed by atoms with E-state index in [-0.39, 0.29) is 10.9 Å². The van der Waals surface area contributed by atoms with E-state index < -0.39 is 16.1 Å². The van der Waals surface area contributed by atoms with E-state index in [1.165, 1.54) is 24.3 Å². The molecule has 0 unspecified atom stereocenters. The minimum Gasteiger partial charge on any atom is -0.327 e. The highest BCUT2D eigenvalue weighted by molar-refractivity contribution is 7.89. The smallest absolute Gasteiger partial charge is 0.319 e. The molecule has 0 aliphatic carbocycles. The first-order valence-electron chi connectivity index (χ1n) is 8.34. The van der Waals surface area contributed by atoms with E-state index in [4.69, 9.17) is 16.7 Å². The molecule has 0 spiro atoms. The molecular formula is C20H18ClN3O3S. The minimum absolute atomic E-state index is 0.0261. The molecule has 3 rings (SSSR count). The van der Waals surface area contributed by atoms with Gasteiger partial charge in [-0.25, -0.2) is 18.4 Å². The summed E-state index contributed by atoms with van der Waals surface area (Å²) in [5, 5.41) is 11.3. The summed E-state index contributed by atoms with van der Waals surface area (Å²) in [6, 6.07) is 21.5. The number of halogens is 1. The Morgan fingerprint density at radius 1 is 0.857 bits per heavy atom. The van der Waals surface area contributed by atoms with Gasteiger partial charge in [-0.2, -0.15) is 0 Å². The summed E-state index contributed by atoms with van der Waals surface area (Å²) in [4.78, 5) is 12.5. The van der Waals surface area contributed by atoms with Crippen molar-refractivity contribution in [2.24, 2.45) is 5.14 Å². The molecule has 6 nitrogen and oxygen atoms in total. The van der Waals surface area contributed by atoms with Crippen molar-refractivity contribution in [3.05, 3.63) is 95.0 Å². The van der Waals surface area contributed by atoms with E-state index in [0.717, 1.165) is 11.1 Å². The highest BCUT2D eigenvalue weighted by Gasteiger charge is 2.17. The number of sulfonamides is 1. The molecule has 0 aliphatic heterocycles. The monoisotopic (exact) mass is 415 g/mol. The maximum atomic E-state index is 12.5. The molecule has 0 heterocycles. The molecule has 0 saturated carbocycles. The van der Waals surface area contributed by atoms with Gasteiger partial charge in [0.2, 0.25) is 10.0 Å². The van der Waals surface area contributed by atoms with Crippen LogP contribution in [0.4, 0.5) is 10.5 Å². The van der Waals surface area contributed by atoms with Crippen LogP contribution >= 0.6 is 11.6 Å². The van der Waals surface area contributed by atoms with Crippen molar-refractivity contribution in [2.45, 2.75) is 10.9 Å². The van der Waals surface area contributed by atoms with Crippen LogP contribution in [0.15, 0.2) is 83.8 Å². The van der Waals surface area contributed by atoms with Gasteiger partial charge in [0.15, 0.2) is 0 Å².